The fraction of sp³-hybridized carbons (Fsp3) is 0.600. The molecule has 1 atom stereocenters. The van der Waals surface area contributed by atoms with Gasteiger partial charge in [0.15, 0.2) is 11.5 Å². The molecule has 1 aromatic rings. The summed E-state index contributed by atoms with van der Waals surface area (Å²) >= 11 is 3.63. The fourth-order valence-electron chi connectivity index (χ4n) is 2.83. The molecule has 1 heterocycles. The van der Waals surface area contributed by atoms with E-state index in [4.69, 9.17) is 15.2 Å². The number of hydrogen-bond donors (Lipinski definition) is 1. The summed E-state index contributed by atoms with van der Waals surface area (Å²) in [7, 11) is 2.15. The summed E-state index contributed by atoms with van der Waals surface area (Å²) in [6.07, 6.45) is 2.63. The highest BCUT2D eigenvalue weighted by molar-refractivity contribution is 9.10. The van der Waals surface area contributed by atoms with Gasteiger partial charge in [-0.3, -0.25) is 4.90 Å². The predicted molar refractivity (Wildman–Crippen MR) is 82.2 cm³/mol. The molecule has 1 fully saturated rings. The van der Waals surface area contributed by atoms with E-state index >= 15 is 0 Å². The largest absolute Gasteiger partial charge is 0.486 e. The van der Waals surface area contributed by atoms with E-state index in [0.717, 1.165) is 35.0 Å². The Morgan fingerprint density at radius 2 is 1.95 bits per heavy atom. The highest BCUT2D eigenvalue weighted by Crippen LogP contribution is 2.38. The van der Waals surface area contributed by atoms with Crippen LogP contribution in [0, 0.1) is 5.92 Å². The Morgan fingerprint density at radius 1 is 1.30 bits per heavy atom. The zero-order valence-corrected chi connectivity index (χ0v) is 13.4. The molecule has 2 N–H and O–H groups in total. The summed E-state index contributed by atoms with van der Waals surface area (Å²) in [5, 5.41) is 0. The standard InChI is InChI=1S/C15H21BrN2O2/c1-18(13(8-17)10-2-3-10)9-11-6-14-15(7-12(11)16)20-5-4-19-14/h6-7,10,13H,2-5,8-9,17H2,1H3. The van der Waals surface area contributed by atoms with Gasteiger partial charge in [0.1, 0.15) is 13.2 Å². The molecule has 4 nitrogen and oxygen atoms in total. The molecule has 0 saturated heterocycles. The van der Waals surface area contributed by atoms with Gasteiger partial charge in [-0.15, -0.1) is 0 Å². The number of likely N-dealkylation sites (N-methyl/N-ethyl adjacent to an activating group) is 1. The van der Waals surface area contributed by atoms with Crippen LogP contribution in [0.2, 0.25) is 0 Å². The van der Waals surface area contributed by atoms with Gasteiger partial charge < -0.3 is 15.2 Å². The quantitative estimate of drug-likeness (QED) is 0.893. The lowest BCUT2D eigenvalue weighted by Gasteiger charge is -2.28. The van der Waals surface area contributed by atoms with Gasteiger partial charge in [0.25, 0.3) is 0 Å². The summed E-state index contributed by atoms with van der Waals surface area (Å²) in [5.41, 5.74) is 7.14. The average molecular weight is 341 g/mol. The fourth-order valence-corrected chi connectivity index (χ4v) is 3.27. The molecule has 0 amide bonds. The van der Waals surface area contributed by atoms with Crippen LogP contribution >= 0.6 is 15.9 Å². The van der Waals surface area contributed by atoms with Crippen LogP contribution in [0.5, 0.6) is 11.5 Å². The predicted octanol–water partition coefficient (Wildman–Crippen LogP) is 2.39. The van der Waals surface area contributed by atoms with Crippen molar-refractivity contribution in [2.45, 2.75) is 25.4 Å². The third kappa shape index (κ3) is 2.95. The Hall–Kier alpha value is -0.780. The van der Waals surface area contributed by atoms with Crippen molar-refractivity contribution in [3.63, 3.8) is 0 Å². The van der Waals surface area contributed by atoms with Crippen molar-refractivity contribution in [3.8, 4) is 11.5 Å². The van der Waals surface area contributed by atoms with Crippen molar-refractivity contribution in [2.24, 2.45) is 11.7 Å². The van der Waals surface area contributed by atoms with Gasteiger partial charge in [-0.1, -0.05) is 15.9 Å². The number of nitrogens with zero attached hydrogens (tertiary/aromatic N) is 1. The highest BCUT2D eigenvalue weighted by Gasteiger charge is 2.33. The maximum Gasteiger partial charge on any atom is 0.162 e. The SMILES string of the molecule is CN(Cc1cc2c(cc1Br)OCCO2)C(CN)C1CC1. The van der Waals surface area contributed by atoms with Crippen molar-refractivity contribution in [1.29, 1.82) is 0 Å². The molecule has 0 spiro atoms. The van der Waals surface area contributed by atoms with Gasteiger partial charge in [0, 0.05) is 23.6 Å². The first-order chi connectivity index (χ1) is 9.69. The molecule has 0 radical (unpaired) electrons. The molecule has 110 valence electrons. The molecule has 20 heavy (non-hydrogen) atoms. The number of benzene rings is 1. The second-order valence-corrected chi connectivity index (χ2v) is 6.50. The van der Waals surface area contributed by atoms with Gasteiger partial charge in [-0.25, -0.2) is 0 Å². The number of hydrogen-bond acceptors (Lipinski definition) is 4. The summed E-state index contributed by atoms with van der Waals surface area (Å²) < 4.78 is 12.3. The van der Waals surface area contributed by atoms with Crippen molar-refractivity contribution in [1.82, 2.24) is 4.90 Å². The Kier molecular flexibility index (Phi) is 4.19. The van der Waals surface area contributed by atoms with E-state index in [1.54, 1.807) is 0 Å². The minimum absolute atomic E-state index is 0.482. The Balaban J connectivity index is 1.76. The summed E-state index contributed by atoms with van der Waals surface area (Å²) in [6, 6.07) is 4.57. The zero-order valence-electron chi connectivity index (χ0n) is 11.8. The third-order valence-electron chi connectivity index (χ3n) is 4.10. The van der Waals surface area contributed by atoms with Crippen molar-refractivity contribution in [2.75, 3.05) is 26.8 Å². The first-order valence-corrected chi connectivity index (χ1v) is 7.96. The van der Waals surface area contributed by atoms with Gasteiger partial charge in [0.2, 0.25) is 0 Å². The first-order valence-electron chi connectivity index (χ1n) is 7.17. The van der Waals surface area contributed by atoms with Crippen LogP contribution in [0.1, 0.15) is 18.4 Å². The lowest BCUT2D eigenvalue weighted by molar-refractivity contribution is 0.170. The van der Waals surface area contributed by atoms with Crippen LogP contribution in [0.4, 0.5) is 0 Å². The van der Waals surface area contributed by atoms with Crippen molar-refractivity contribution >= 4 is 15.9 Å². The number of ether oxygens (including phenoxy) is 2. The molecule has 5 heteroatoms. The molecule has 1 aliphatic carbocycles. The normalized spacial score (nSPS) is 19.2. The molecule has 0 aromatic heterocycles. The van der Waals surface area contributed by atoms with Crippen LogP contribution in [0.25, 0.3) is 0 Å². The Bertz CT molecular complexity index is 491. The number of halogens is 1. The number of fused-ring (bicyclic) bond motifs is 1. The average Bonchev–Trinajstić information content (AvgIpc) is 3.25. The van der Waals surface area contributed by atoms with Gasteiger partial charge in [-0.05, 0) is 43.5 Å². The van der Waals surface area contributed by atoms with Crippen LogP contribution in [-0.4, -0.2) is 37.7 Å². The van der Waals surface area contributed by atoms with Crippen LogP contribution in [0.15, 0.2) is 16.6 Å². The monoisotopic (exact) mass is 340 g/mol. The van der Waals surface area contributed by atoms with E-state index in [1.807, 2.05) is 6.07 Å². The molecule has 0 bridgehead atoms. The first kappa shape index (κ1) is 14.2. The van der Waals surface area contributed by atoms with Crippen LogP contribution in [0.3, 0.4) is 0 Å². The lowest BCUT2D eigenvalue weighted by atomic mass is 10.1. The van der Waals surface area contributed by atoms with Gasteiger partial charge in [-0.2, -0.15) is 0 Å². The summed E-state index contributed by atoms with van der Waals surface area (Å²) in [4.78, 5) is 2.35. The molecule has 3 rings (SSSR count). The lowest BCUT2D eigenvalue weighted by Crippen LogP contribution is -2.39. The third-order valence-corrected chi connectivity index (χ3v) is 4.84. The number of nitrogens with two attached hydrogens (primary N) is 1. The number of rotatable bonds is 5. The highest BCUT2D eigenvalue weighted by atomic mass is 79.9. The van der Waals surface area contributed by atoms with Gasteiger partial charge in [0.05, 0.1) is 0 Å². The topological polar surface area (TPSA) is 47.7 Å². The molecular weight excluding hydrogens is 320 g/mol. The van der Waals surface area contributed by atoms with E-state index in [2.05, 4.69) is 33.9 Å². The second kappa shape index (κ2) is 5.92. The van der Waals surface area contributed by atoms with E-state index < -0.39 is 0 Å². The second-order valence-electron chi connectivity index (χ2n) is 5.64. The molecule has 1 saturated carbocycles. The summed E-state index contributed by atoms with van der Waals surface area (Å²) in [6.45, 7) is 2.84. The molecule has 1 aromatic carbocycles. The molecule has 1 unspecified atom stereocenters. The van der Waals surface area contributed by atoms with Crippen LogP contribution in [-0.2, 0) is 6.54 Å². The minimum Gasteiger partial charge on any atom is -0.486 e. The summed E-state index contributed by atoms with van der Waals surface area (Å²) in [5.74, 6) is 2.45. The van der Waals surface area contributed by atoms with E-state index in [0.29, 0.717) is 19.3 Å². The zero-order chi connectivity index (χ0) is 14.1. The molecule has 1 aliphatic heterocycles. The van der Waals surface area contributed by atoms with E-state index in [9.17, 15) is 0 Å². The Morgan fingerprint density at radius 3 is 2.55 bits per heavy atom. The minimum atomic E-state index is 0.482. The maximum atomic E-state index is 5.92. The molecule has 2 aliphatic rings. The molecular formula is C15H21BrN2O2. The van der Waals surface area contributed by atoms with Crippen molar-refractivity contribution in [3.05, 3.63) is 22.2 Å². The maximum absolute atomic E-state index is 5.92. The van der Waals surface area contributed by atoms with E-state index in [-0.39, 0.29) is 0 Å². The smallest absolute Gasteiger partial charge is 0.162 e. The van der Waals surface area contributed by atoms with Crippen LogP contribution < -0.4 is 15.2 Å². The van der Waals surface area contributed by atoms with E-state index in [1.165, 1.54) is 18.4 Å². The van der Waals surface area contributed by atoms with Crippen molar-refractivity contribution < 1.29 is 9.47 Å². The Labute approximate surface area is 128 Å². The van der Waals surface area contributed by atoms with Gasteiger partial charge >= 0.3 is 0 Å².